The van der Waals surface area contributed by atoms with Crippen LogP contribution in [0, 0.1) is 25.2 Å². The summed E-state index contributed by atoms with van der Waals surface area (Å²) in [6.45, 7) is 4.61. The Hall–Kier alpha value is -1.98. The molecule has 0 saturated carbocycles. The van der Waals surface area contributed by atoms with Crippen LogP contribution >= 0.6 is 11.6 Å². The molecule has 0 spiro atoms. The lowest BCUT2D eigenvalue weighted by Gasteiger charge is -2.10. The van der Waals surface area contributed by atoms with Crippen LogP contribution in [0.4, 0.5) is 0 Å². The van der Waals surface area contributed by atoms with Gasteiger partial charge in [0.15, 0.2) is 0 Å². The highest BCUT2D eigenvalue weighted by atomic mass is 35.5. The van der Waals surface area contributed by atoms with Crippen LogP contribution in [0.25, 0.3) is 0 Å². The van der Waals surface area contributed by atoms with Gasteiger partial charge in [-0.1, -0.05) is 35.4 Å². The van der Waals surface area contributed by atoms with Gasteiger partial charge in [0.05, 0.1) is 10.6 Å². The summed E-state index contributed by atoms with van der Waals surface area (Å²) in [6, 6.07) is 13.4. The largest absolute Gasteiger partial charge is 0.489 e. The Morgan fingerprint density at radius 1 is 1.16 bits per heavy atom. The summed E-state index contributed by atoms with van der Waals surface area (Å²) in [6.07, 6.45) is 0. The maximum Gasteiger partial charge on any atom is 0.121 e. The van der Waals surface area contributed by atoms with Gasteiger partial charge in [-0.25, -0.2) is 0 Å². The van der Waals surface area contributed by atoms with E-state index in [1.807, 2.05) is 6.07 Å². The van der Waals surface area contributed by atoms with Gasteiger partial charge in [-0.3, -0.25) is 0 Å². The Bertz CT molecular complexity index is 644. The van der Waals surface area contributed by atoms with Crippen molar-refractivity contribution in [2.75, 3.05) is 0 Å². The van der Waals surface area contributed by atoms with Crippen LogP contribution < -0.4 is 4.74 Å². The lowest BCUT2D eigenvalue weighted by atomic mass is 10.1. The normalized spacial score (nSPS) is 10.0. The predicted octanol–water partition coefficient (Wildman–Crippen LogP) is 4.41. The number of hydrogen-bond acceptors (Lipinski definition) is 2. The smallest absolute Gasteiger partial charge is 0.121 e. The summed E-state index contributed by atoms with van der Waals surface area (Å²) in [7, 11) is 0. The van der Waals surface area contributed by atoms with E-state index in [1.54, 1.807) is 18.2 Å². The standard InChI is InChI=1S/C16H14ClNO/c1-11-3-4-12(2)14(7-11)10-19-15-6-5-13(9-18)16(17)8-15/h3-8H,10H2,1-2H3. The molecule has 0 bridgehead atoms. The number of ether oxygens (including phenoxy) is 1. The zero-order chi connectivity index (χ0) is 13.8. The Labute approximate surface area is 118 Å². The molecule has 3 heteroatoms. The highest BCUT2D eigenvalue weighted by Gasteiger charge is 2.04. The molecule has 0 aliphatic carbocycles. The van der Waals surface area contributed by atoms with Crippen molar-refractivity contribution in [2.45, 2.75) is 20.5 Å². The van der Waals surface area contributed by atoms with Gasteiger partial charge >= 0.3 is 0 Å². The van der Waals surface area contributed by atoms with Crippen LogP contribution in [0.5, 0.6) is 5.75 Å². The minimum Gasteiger partial charge on any atom is -0.489 e. The maximum absolute atomic E-state index is 8.81. The third kappa shape index (κ3) is 3.27. The molecule has 0 saturated heterocycles. The van der Waals surface area contributed by atoms with Gasteiger partial charge in [-0.15, -0.1) is 0 Å². The van der Waals surface area contributed by atoms with E-state index >= 15 is 0 Å². The molecular formula is C16H14ClNO. The van der Waals surface area contributed by atoms with E-state index in [9.17, 15) is 0 Å². The number of nitrogens with zero attached hydrogens (tertiary/aromatic N) is 1. The van der Waals surface area contributed by atoms with Gasteiger partial charge in [-0.05, 0) is 37.1 Å². The van der Waals surface area contributed by atoms with Crippen molar-refractivity contribution in [3.05, 3.63) is 63.7 Å². The van der Waals surface area contributed by atoms with Gasteiger partial charge in [0.1, 0.15) is 18.4 Å². The van der Waals surface area contributed by atoms with Gasteiger partial charge in [0.2, 0.25) is 0 Å². The zero-order valence-corrected chi connectivity index (χ0v) is 11.7. The molecule has 0 amide bonds. The number of rotatable bonds is 3. The molecule has 0 fully saturated rings. The van der Waals surface area contributed by atoms with E-state index < -0.39 is 0 Å². The van der Waals surface area contributed by atoms with Crippen molar-refractivity contribution in [3.63, 3.8) is 0 Å². The second-order valence-electron chi connectivity index (χ2n) is 4.47. The molecule has 2 nitrogen and oxygen atoms in total. The first kappa shape index (κ1) is 13.5. The van der Waals surface area contributed by atoms with Crippen LogP contribution in [-0.4, -0.2) is 0 Å². The quantitative estimate of drug-likeness (QED) is 0.828. The highest BCUT2D eigenvalue weighted by Crippen LogP contribution is 2.23. The van der Waals surface area contributed by atoms with Crippen molar-refractivity contribution >= 4 is 11.6 Å². The predicted molar refractivity (Wildman–Crippen MR) is 76.4 cm³/mol. The summed E-state index contributed by atoms with van der Waals surface area (Å²) in [5.74, 6) is 0.671. The Balaban J connectivity index is 2.13. The molecule has 2 aromatic carbocycles. The van der Waals surface area contributed by atoms with Crippen molar-refractivity contribution < 1.29 is 4.74 Å². The molecular weight excluding hydrogens is 258 g/mol. The molecule has 0 aromatic heterocycles. The molecule has 0 aliphatic heterocycles. The van der Waals surface area contributed by atoms with E-state index in [0.717, 1.165) is 5.56 Å². The second-order valence-corrected chi connectivity index (χ2v) is 4.88. The first-order chi connectivity index (χ1) is 9.10. The van der Waals surface area contributed by atoms with Crippen LogP contribution in [0.2, 0.25) is 5.02 Å². The molecule has 96 valence electrons. The van der Waals surface area contributed by atoms with E-state index in [1.165, 1.54) is 11.1 Å². The molecule has 0 unspecified atom stereocenters. The topological polar surface area (TPSA) is 33.0 Å². The van der Waals surface area contributed by atoms with E-state index in [2.05, 4.69) is 32.0 Å². The van der Waals surface area contributed by atoms with Crippen LogP contribution in [0.1, 0.15) is 22.3 Å². The number of hydrogen-bond donors (Lipinski definition) is 0. The monoisotopic (exact) mass is 271 g/mol. The van der Waals surface area contributed by atoms with Crippen LogP contribution in [-0.2, 0) is 6.61 Å². The first-order valence-electron chi connectivity index (χ1n) is 5.99. The molecule has 19 heavy (non-hydrogen) atoms. The maximum atomic E-state index is 8.81. The SMILES string of the molecule is Cc1ccc(C)c(COc2ccc(C#N)c(Cl)c2)c1. The Morgan fingerprint density at radius 3 is 2.63 bits per heavy atom. The molecule has 0 heterocycles. The molecule has 0 atom stereocenters. The van der Waals surface area contributed by atoms with E-state index in [-0.39, 0.29) is 0 Å². The lowest BCUT2D eigenvalue weighted by molar-refractivity contribution is 0.305. The van der Waals surface area contributed by atoms with Crippen LogP contribution in [0.3, 0.4) is 0 Å². The van der Waals surface area contributed by atoms with E-state index in [0.29, 0.717) is 22.9 Å². The molecule has 2 aromatic rings. The van der Waals surface area contributed by atoms with Gasteiger partial charge in [-0.2, -0.15) is 5.26 Å². The average Bonchev–Trinajstić information content (AvgIpc) is 2.40. The summed E-state index contributed by atoms with van der Waals surface area (Å²) >= 11 is 5.97. The second kappa shape index (κ2) is 5.77. The summed E-state index contributed by atoms with van der Waals surface area (Å²) in [5, 5.41) is 9.23. The summed E-state index contributed by atoms with van der Waals surface area (Å²) in [5.41, 5.74) is 4.02. The third-order valence-corrected chi connectivity index (χ3v) is 3.27. The van der Waals surface area contributed by atoms with Crippen LogP contribution in [0.15, 0.2) is 36.4 Å². The zero-order valence-electron chi connectivity index (χ0n) is 10.9. The van der Waals surface area contributed by atoms with Gasteiger partial charge in [0.25, 0.3) is 0 Å². The molecule has 2 rings (SSSR count). The minimum absolute atomic E-state index is 0.418. The number of nitriles is 1. The Kier molecular flexibility index (Phi) is 4.09. The average molecular weight is 272 g/mol. The van der Waals surface area contributed by atoms with Crippen molar-refractivity contribution in [1.29, 1.82) is 5.26 Å². The minimum atomic E-state index is 0.418. The lowest BCUT2D eigenvalue weighted by Crippen LogP contribution is -1.98. The van der Waals surface area contributed by atoms with Crippen molar-refractivity contribution in [1.82, 2.24) is 0 Å². The molecule has 0 N–H and O–H groups in total. The number of benzene rings is 2. The number of aryl methyl sites for hydroxylation is 2. The fraction of sp³-hybridized carbons (Fsp3) is 0.188. The molecule has 0 aliphatic rings. The first-order valence-corrected chi connectivity index (χ1v) is 6.36. The molecule has 0 radical (unpaired) electrons. The number of halogens is 1. The third-order valence-electron chi connectivity index (χ3n) is 2.96. The van der Waals surface area contributed by atoms with E-state index in [4.69, 9.17) is 21.6 Å². The fourth-order valence-corrected chi connectivity index (χ4v) is 2.01. The van der Waals surface area contributed by atoms with Crippen molar-refractivity contribution in [3.8, 4) is 11.8 Å². The van der Waals surface area contributed by atoms with Gasteiger partial charge in [0, 0.05) is 6.07 Å². The van der Waals surface area contributed by atoms with Crippen molar-refractivity contribution in [2.24, 2.45) is 0 Å². The fourth-order valence-electron chi connectivity index (χ4n) is 1.79. The highest BCUT2D eigenvalue weighted by molar-refractivity contribution is 6.31. The summed E-state index contributed by atoms with van der Waals surface area (Å²) < 4.78 is 5.71. The van der Waals surface area contributed by atoms with Gasteiger partial charge < -0.3 is 4.74 Å². The summed E-state index contributed by atoms with van der Waals surface area (Å²) in [4.78, 5) is 0. The Morgan fingerprint density at radius 2 is 1.95 bits per heavy atom.